The Kier molecular flexibility index (Phi) is 7.66. The molecule has 7 heteroatoms. The molecule has 3 aromatic rings. The van der Waals surface area contributed by atoms with Crippen LogP contribution in [0.4, 0.5) is 5.69 Å². The zero-order chi connectivity index (χ0) is 24.0. The molecular weight excluding hydrogens is 434 g/mol. The van der Waals surface area contributed by atoms with E-state index >= 15 is 0 Å². The van der Waals surface area contributed by atoms with Crippen LogP contribution in [0.5, 0.6) is 0 Å². The van der Waals surface area contributed by atoms with Gasteiger partial charge in [0.25, 0.3) is 5.91 Å². The number of hydrogen-bond donors (Lipinski definition) is 2. The van der Waals surface area contributed by atoms with Crippen molar-refractivity contribution >= 4 is 34.7 Å². The van der Waals surface area contributed by atoms with E-state index in [4.69, 9.17) is 0 Å². The largest absolute Gasteiger partial charge is 0.349 e. The van der Waals surface area contributed by atoms with E-state index in [0.717, 1.165) is 5.56 Å². The fourth-order valence-corrected chi connectivity index (χ4v) is 4.12. The smallest absolute Gasteiger partial charge is 0.261 e. The van der Waals surface area contributed by atoms with Gasteiger partial charge in [-0.2, -0.15) is 0 Å². The molecule has 2 N–H and O–H groups in total. The summed E-state index contributed by atoms with van der Waals surface area (Å²) in [5, 5.41) is 7.51. The molecule has 0 aliphatic heterocycles. The minimum Gasteiger partial charge on any atom is -0.349 e. The summed E-state index contributed by atoms with van der Waals surface area (Å²) < 4.78 is 0. The van der Waals surface area contributed by atoms with Gasteiger partial charge in [0.05, 0.1) is 11.4 Å². The van der Waals surface area contributed by atoms with Gasteiger partial charge in [0.2, 0.25) is 11.8 Å². The number of carbonyl (C=O) groups excluding carboxylic acids is 3. The van der Waals surface area contributed by atoms with Gasteiger partial charge in [-0.05, 0) is 56.3 Å². The van der Waals surface area contributed by atoms with Crippen LogP contribution in [0.15, 0.2) is 72.1 Å². The molecule has 2 aromatic carbocycles. The zero-order valence-electron chi connectivity index (χ0n) is 19.3. The number of benzene rings is 2. The number of hydrogen-bond acceptors (Lipinski definition) is 4. The average molecular weight is 464 g/mol. The highest BCUT2D eigenvalue weighted by Gasteiger charge is 2.35. The highest BCUT2D eigenvalue weighted by atomic mass is 32.1. The number of thiophene rings is 1. The van der Waals surface area contributed by atoms with E-state index in [0.29, 0.717) is 16.1 Å². The second kappa shape index (κ2) is 10.4. The normalized spacial score (nSPS) is 12.0. The second-order valence-corrected chi connectivity index (χ2v) is 9.71. The lowest BCUT2D eigenvalue weighted by Gasteiger charge is -2.34. The van der Waals surface area contributed by atoms with Crippen molar-refractivity contribution in [1.29, 1.82) is 0 Å². The van der Waals surface area contributed by atoms with Crippen LogP contribution in [0.2, 0.25) is 0 Å². The quantitative estimate of drug-likeness (QED) is 0.542. The molecule has 1 heterocycles. The predicted octanol–water partition coefficient (Wildman–Crippen LogP) is 4.48. The number of para-hydroxylation sites is 1. The van der Waals surface area contributed by atoms with E-state index in [9.17, 15) is 14.4 Å². The first-order valence-electron chi connectivity index (χ1n) is 10.7. The summed E-state index contributed by atoms with van der Waals surface area (Å²) in [6, 6.07) is 19.2. The lowest BCUT2D eigenvalue weighted by Crippen LogP contribution is -2.51. The van der Waals surface area contributed by atoms with Crippen molar-refractivity contribution in [3.8, 4) is 0 Å². The summed E-state index contributed by atoms with van der Waals surface area (Å²) in [4.78, 5) is 41.6. The third-order valence-corrected chi connectivity index (χ3v) is 5.78. The van der Waals surface area contributed by atoms with Gasteiger partial charge in [-0.3, -0.25) is 19.3 Å². The molecule has 3 rings (SSSR count). The van der Waals surface area contributed by atoms with E-state index in [1.807, 2.05) is 82.3 Å². The Balaban J connectivity index is 2.01. The van der Waals surface area contributed by atoms with Gasteiger partial charge in [-0.1, -0.05) is 54.6 Å². The molecule has 1 aromatic heterocycles. The minimum atomic E-state index is -0.905. The standard InChI is InChI=1S/C26H29N3O3S/c1-18-11-8-9-14-20(18)29(22(30)17-27-24(31)21-15-10-16-33-21)23(19-12-6-5-7-13-19)25(32)28-26(2,3)4/h5-16,23H,17H2,1-4H3,(H,27,31)(H,28,32)/t23-/m0/s1. The molecule has 0 saturated carbocycles. The van der Waals surface area contributed by atoms with Gasteiger partial charge < -0.3 is 10.6 Å². The maximum atomic E-state index is 13.6. The summed E-state index contributed by atoms with van der Waals surface area (Å²) in [6.45, 7) is 7.34. The number of rotatable bonds is 7. The molecule has 1 atom stereocenters. The molecule has 0 fully saturated rings. The molecule has 172 valence electrons. The highest BCUT2D eigenvalue weighted by Crippen LogP contribution is 2.31. The lowest BCUT2D eigenvalue weighted by molar-refractivity contribution is -0.127. The van der Waals surface area contributed by atoms with Crippen LogP contribution in [0, 0.1) is 6.92 Å². The van der Waals surface area contributed by atoms with Crippen molar-refractivity contribution in [3.05, 3.63) is 88.1 Å². The van der Waals surface area contributed by atoms with Gasteiger partial charge in [0.1, 0.15) is 6.04 Å². The first-order chi connectivity index (χ1) is 15.7. The van der Waals surface area contributed by atoms with Gasteiger partial charge in [-0.15, -0.1) is 11.3 Å². The Morgan fingerprint density at radius 3 is 2.21 bits per heavy atom. The molecule has 0 radical (unpaired) electrons. The first kappa shape index (κ1) is 24.2. The average Bonchev–Trinajstić information content (AvgIpc) is 3.30. The monoisotopic (exact) mass is 463 g/mol. The molecule has 0 spiro atoms. The van der Waals surface area contributed by atoms with Gasteiger partial charge >= 0.3 is 0 Å². The van der Waals surface area contributed by atoms with Crippen molar-refractivity contribution in [1.82, 2.24) is 10.6 Å². The number of aryl methyl sites for hydroxylation is 1. The molecule has 0 saturated heterocycles. The summed E-state index contributed by atoms with van der Waals surface area (Å²) in [7, 11) is 0. The maximum Gasteiger partial charge on any atom is 0.261 e. The van der Waals surface area contributed by atoms with Crippen LogP contribution in [-0.4, -0.2) is 29.8 Å². The van der Waals surface area contributed by atoms with E-state index in [1.54, 1.807) is 17.5 Å². The van der Waals surface area contributed by atoms with Crippen molar-refractivity contribution in [2.75, 3.05) is 11.4 Å². The van der Waals surface area contributed by atoms with Crippen molar-refractivity contribution in [2.45, 2.75) is 39.3 Å². The van der Waals surface area contributed by atoms with E-state index in [1.165, 1.54) is 16.2 Å². The Labute approximate surface area is 198 Å². The summed E-state index contributed by atoms with van der Waals surface area (Å²) in [6.07, 6.45) is 0. The predicted molar refractivity (Wildman–Crippen MR) is 132 cm³/mol. The number of nitrogens with zero attached hydrogens (tertiary/aromatic N) is 1. The van der Waals surface area contributed by atoms with E-state index in [-0.39, 0.29) is 24.3 Å². The molecule has 6 nitrogen and oxygen atoms in total. The highest BCUT2D eigenvalue weighted by molar-refractivity contribution is 7.12. The lowest BCUT2D eigenvalue weighted by atomic mass is 10.00. The SMILES string of the molecule is Cc1ccccc1N(C(=O)CNC(=O)c1cccs1)[C@H](C(=O)NC(C)(C)C)c1ccccc1. The molecule has 33 heavy (non-hydrogen) atoms. The maximum absolute atomic E-state index is 13.6. The second-order valence-electron chi connectivity index (χ2n) is 8.76. The molecule has 0 aliphatic rings. The van der Waals surface area contributed by atoms with Gasteiger partial charge in [0.15, 0.2) is 0 Å². The van der Waals surface area contributed by atoms with Crippen LogP contribution in [0.25, 0.3) is 0 Å². The molecular formula is C26H29N3O3S. The number of anilines is 1. The summed E-state index contributed by atoms with van der Waals surface area (Å²) in [5.74, 6) is -1.000. The van der Waals surface area contributed by atoms with Crippen molar-refractivity contribution < 1.29 is 14.4 Å². The van der Waals surface area contributed by atoms with Crippen molar-refractivity contribution in [3.63, 3.8) is 0 Å². The third kappa shape index (κ3) is 6.29. The Bertz CT molecular complexity index is 1110. The number of carbonyl (C=O) groups is 3. The topological polar surface area (TPSA) is 78.5 Å². The Hall–Kier alpha value is -3.45. The fraction of sp³-hybridized carbons (Fsp3) is 0.269. The van der Waals surface area contributed by atoms with Crippen LogP contribution in [-0.2, 0) is 9.59 Å². The minimum absolute atomic E-state index is 0.239. The zero-order valence-corrected chi connectivity index (χ0v) is 20.1. The fourth-order valence-electron chi connectivity index (χ4n) is 3.48. The molecule has 0 aliphatic carbocycles. The van der Waals surface area contributed by atoms with Gasteiger partial charge in [0, 0.05) is 11.2 Å². The summed E-state index contributed by atoms with van der Waals surface area (Å²) >= 11 is 1.30. The Morgan fingerprint density at radius 1 is 0.939 bits per heavy atom. The van der Waals surface area contributed by atoms with E-state index < -0.39 is 11.6 Å². The Morgan fingerprint density at radius 2 is 1.61 bits per heavy atom. The van der Waals surface area contributed by atoms with Crippen LogP contribution in [0.3, 0.4) is 0 Å². The molecule has 0 bridgehead atoms. The molecule has 0 unspecified atom stereocenters. The van der Waals surface area contributed by atoms with E-state index in [2.05, 4.69) is 10.6 Å². The number of amides is 3. The summed E-state index contributed by atoms with van der Waals surface area (Å²) in [5.41, 5.74) is 1.66. The van der Waals surface area contributed by atoms with Crippen LogP contribution < -0.4 is 15.5 Å². The van der Waals surface area contributed by atoms with Crippen LogP contribution >= 0.6 is 11.3 Å². The molecule has 3 amide bonds. The number of nitrogens with one attached hydrogen (secondary N) is 2. The van der Waals surface area contributed by atoms with Gasteiger partial charge in [-0.25, -0.2) is 0 Å². The first-order valence-corrected chi connectivity index (χ1v) is 11.6. The third-order valence-electron chi connectivity index (χ3n) is 4.91. The van der Waals surface area contributed by atoms with Crippen LogP contribution in [0.1, 0.15) is 47.6 Å². The van der Waals surface area contributed by atoms with Crippen molar-refractivity contribution in [2.24, 2.45) is 0 Å².